The van der Waals surface area contributed by atoms with E-state index in [1.54, 1.807) is 44.0 Å². The summed E-state index contributed by atoms with van der Waals surface area (Å²) in [7, 11) is 6.62. The summed E-state index contributed by atoms with van der Waals surface area (Å²) in [5.41, 5.74) is 4.78. The average molecular weight is 517 g/mol. The molecule has 5 rings (SSSR count). The number of carbonyl (C=O) groups excluding carboxylic acids is 1. The highest BCUT2D eigenvalue weighted by Gasteiger charge is 2.34. The zero-order chi connectivity index (χ0) is 27.2. The largest absolute Gasteiger partial charge is 0.497 e. The molecule has 0 atom stereocenters. The van der Waals surface area contributed by atoms with Crippen molar-refractivity contribution in [2.75, 3.05) is 28.4 Å². The monoisotopic (exact) mass is 516 g/mol. The highest BCUT2D eigenvalue weighted by molar-refractivity contribution is 5.97. The van der Waals surface area contributed by atoms with Crippen LogP contribution >= 0.6 is 0 Å². The van der Waals surface area contributed by atoms with Crippen molar-refractivity contribution in [2.24, 2.45) is 0 Å². The van der Waals surface area contributed by atoms with Gasteiger partial charge in [0.05, 0.1) is 32.7 Å². The van der Waals surface area contributed by atoms with E-state index in [9.17, 15) is 4.79 Å². The molecule has 198 valence electrons. The molecule has 1 aliphatic rings. The Morgan fingerprint density at radius 2 is 1.74 bits per heavy atom. The van der Waals surface area contributed by atoms with Crippen molar-refractivity contribution in [1.82, 2.24) is 19.7 Å². The van der Waals surface area contributed by atoms with Crippen molar-refractivity contribution in [1.29, 1.82) is 0 Å². The lowest BCUT2D eigenvalue weighted by molar-refractivity contribution is 0.0646. The minimum absolute atomic E-state index is 0.186. The quantitative estimate of drug-likeness (QED) is 0.373. The van der Waals surface area contributed by atoms with Crippen molar-refractivity contribution in [2.45, 2.75) is 32.9 Å². The van der Waals surface area contributed by atoms with E-state index < -0.39 is 5.54 Å². The summed E-state index contributed by atoms with van der Waals surface area (Å²) in [5.74, 6) is 2.36. The molecule has 2 aromatic carbocycles. The molecular formula is C29H32N4O5. The number of hydrogen-bond donors (Lipinski definition) is 1. The third-order valence-electron chi connectivity index (χ3n) is 6.92. The molecule has 0 aliphatic carbocycles. The molecule has 3 heterocycles. The summed E-state index contributed by atoms with van der Waals surface area (Å²) >= 11 is 0. The number of fused-ring (bicyclic) bond motifs is 3. The van der Waals surface area contributed by atoms with Crippen molar-refractivity contribution < 1.29 is 23.7 Å². The standard InChI is InChI=1S/C29H32N4O5/c1-29(2,3)32(4)28(34)26-23-16-38-25-14-24(37-7)21(17-8-9-30-15-17)13-22(25)27(23)33(31-26)18-10-19(35-5)12-20(11-18)36-6/h8-15,30H,16H2,1-7H3. The van der Waals surface area contributed by atoms with Crippen molar-refractivity contribution >= 4 is 5.91 Å². The molecule has 0 spiro atoms. The van der Waals surface area contributed by atoms with Crippen molar-refractivity contribution in [3.63, 3.8) is 0 Å². The fraction of sp³-hybridized carbons (Fsp3) is 0.310. The van der Waals surface area contributed by atoms with Crippen LogP contribution in [0.2, 0.25) is 0 Å². The first-order valence-corrected chi connectivity index (χ1v) is 12.3. The second-order valence-corrected chi connectivity index (χ2v) is 10.1. The number of nitrogens with one attached hydrogen (secondary N) is 1. The van der Waals surface area contributed by atoms with Crippen LogP contribution in [0.4, 0.5) is 0 Å². The molecule has 0 saturated heterocycles. The number of nitrogens with zero attached hydrogens (tertiary/aromatic N) is 3. The van der Waals surface area contributed by atoms with Gasteiger partial charge in [-0.15, -0.1) is 0 Å². The predicted molar refractivity (Wildman–Crippen MR) is 145 cm³/mol. The fourth-order valence-electron chi connectivity index (χ4n) is 4.50. The van der Waals surface area contributed by atoms with Gasteiger partial charge in [0.1, 0.15) is 29.6 Å². The minimum Gasteiger partial charge on any atom is -0.497 e. The maximum atomic E-state index is 13.7. The molecule has 4 aromatic rings. The van der Waals surface area contributed by atoms with Gasteiger partial charge in [0.25, 0.3) is 5.91 Å². The number of rotatable bonds is 6. The number of methoxy groups -OCH3 is 3. The molecule has 0 saturated carbocycles. The van der Waals surface area contributed by atoms with E-state index in [1.807, 2.05) is 63.5 Å². The van der Waals surface area contributed by atoms with Crippen molar-refractivity contribution in [3.8, 4) is 51.1 Å². The second kappa shape index (κ2) is 9.48. The lowest BCUT2D eigenvalue weighted by Gasteiger charge is -2.31. The van der Waals surface area contributed by atoms with Gasteiger partial charge in [0, 0.05) is 71.5 Å². The molecule has 38 heavy (non-hydrogen) atoms. The first-order valence-electron chi connectivity index (χ1n) is 12.3. The Balaban J connectivity index is 1.80. The van der Waals surface area contributed by atoms with Gasteiger partial charge in [0.2, 0.25) is 0 Å². The molecule has 1 N–H and O–H groups in total. The Bertz CT molecular complexity index is 1480. The van der Waals surface area contributed by atoms with E-state index in [-0.39, 0.29) is 12.5 Å². The van der Waals surface area contributed by atoms with Crippen LogP contribution in [0, 0.1) is 0 Å². The number of ether oxygens (including phenoxy) is 4. The number of benzene rings is 2. The number of aromatic nitrogens is 3. The van der Waals surface area contributed by atoms with Crippen molar-refractivity contribution in [3.05, 3.63) is 60.0 Å². The van der Waals surface area contributed by atoms with Gasteiger partial charge in [-0.05, 0) is 32.9 Å². The zero-order valence-electron chi connectivity index (χ0n) is 22.7. The first-order chi connectivity index (χ1) is 18.2. The average Bonchev–Trinajstić information content (AvgIpc) is 3.59. The molecule has 0 fully saturated rings. The number of amides is 1. The summed E-state index contributed by atoms with van der Waals surface area (Å²) < 4.78 is 24.7. The number of H-pyrrole nitrogens is 1. The maximum Gasteiger partial charge on any atom is 0.274 e. The number of aromatic amines is 1. The third-order valence-corrected chi connectivity index (χ3v) is 6.92. The normalized spacial score (nSPS) is 12.3. The molecule has 0 unspecified atom stereocenters. The molecule has 1 amide bonds. The predicted octanol–water partition coefficient (Wildman–Crippen LogP) is 5.32. The molecule has 9 heteroatoms. The van der Waals surface area contributed by atoms with E-state index in [0.717, 1.165) is 22.4 Å². The van der Waals surface area contributed by atoms with Gasteiger partial charge < -0.3 is 28.8 Å². The number of hydrogen-bond acceptors (Lipinski definition) is 6. The first kappa shape index (κ1) is 25.3. The highest BCUT2D eigenvalue weighted by Crippen LogP contribution is 2.46. The molecule has 0 bridgehead atoms. The summed E-state index contributed by atoms with van der Waals surface area (Å²) in [6, 6.07) is 11.4. The summed E-state index contributed by atoms with van der Waals surface area (Å²) in [4.78, 5) is 18.5. The van der Waals surface area contributed by atoms with Crippen LogP contribution < -0.4 is 18.9 Å². The van der Waals surface area contributed by atoms with E-state index in [4.69, 9.17) is 24.0 Å². The number of carbonyl (C=O) groups is 1. The minimum atomic E-state index is -0.394. The molecule has 0 radical (unpaired) electrons. The van der Waals surface area contributed by atoms with Crippen LogP contribution in [-0.2, 0) is 6.61 Å². The third kappa shape index (κ3) is 4.23. The van der Waals surface area contributed by atoms with Gasteiger partial charge in [-0.3, -0.25) is 4.79 Å². The summed E-state index contributed by atoms with van der Waals surface area (Å²) in [6.45, 7) is 6.16. The van der Waals surface area contributed by atoms with Gasteiger partial charge in [-0.25, -0.2) is 4.68 Å². The van der Waals surface area contributed by atoms with E-state index in [1.165, 1.54) is 0 Å². The van der Waals surface area contributed by atoms with Gasteiger partial charge >= 0.3 is 0 Å². The summed E-state index contributed by atoms with van der Waals surface area (Å²) in [6.07, 6.45) is 3.77. The van der Waals surface area contributed by atoms with E-state index >= 15 is 0 Å². The van der Waals surface area contributed by atoms with Gasteiger partial charge in [0.15, 0.2) is 5.69 Å². The molecule has 2 aromatic heterocycles. The Labute approximate surface area is 221 Å². The molecule has 9 nitrogen and oxygen atoms in total. The fourth-order valence-corrected chi connectivity index (χ4v) is 4.50. The lowest BCUT2D eigenvalue weighted by atomic mass is 9.96. The Morgan fingerprint density at radius 3 is 2.32 bits per heavy atom. The topological polar surface area (TPSA) is 90.8 Å². The highest BCUT2D eigenvalue weighted by atomic mass is 16.5. The second-order valence-electron chi connectivity index (χ2n) is 10.1. The van der Waals surface area contributed by atoms with E-state index in [0.29, 0.717) is 39.9 Å². The van der Waals surface area contributed by atoms with Crippen LogP contribution in [-0.4, -0.2) is 59.5 Å². The lowest BCUT2D eigenvalue weighted by Crippen LogP contribution is -2.43. The van der Waals surface area contributed by atoms with Crippen LogP contribution in [0.3, 0.4) is 0 Å². The molecular weight excluding hydrogens is 484 g/mol. The Morgan fingerprint density at radius 1 is 1.03 bits per heavy atom. The van der Waals surface area contributed by atoms with Crippen LogP contribution in [0.15, 0.2) is 48.8 Å². The van der Waals surface area contributed by atoms with Gasteiger partial charge in [-0.2, -0.15) is 5.10 Å². The Hall–Kier alpha value is -4.40. The zero-order valence-corrected chi connectivity index (χ0v) is 22.7. The molecule has 1 aliphatic heterocycles. The van der Waals surface area contributed by atoms with Gasteiger partial charge in [-0.1, -0.05) is 0 Å². The smallest absolute Gasteiger partial charge is 0.274 e. The maximum absolute atomic E-state index is 13.7. The van der Waals surface area contributed by atoms with Crippen LogP contribution in [0.25, 0.3) is 28.1 Å². The van der Waals surface area contributed by atoms with Crippen LogP contribution in [0.5, 0.6) is 23.0 Å². The van der Waals surface area contributed by atoms with Crippen LogP contribution in [0.1, 0.15) is 36.8 Å². The SMILES string of the molecule is COc1cc(OC)cc(-n2nc(C(=O)N(C)C(C)(C)C)c3c2-c2cc(-c4cc[nH]c4)c(OC)cc2OC3)c1. The Kier molecular flexibility index (Phi) is 6.30. The van der Waals surface area contributed by atoms with E-state index in [2.05, 4.69) is 4.98 Å². The summed E-state index contributed by atoms with van der Waals surface area (Å²) in [5, 5.41) is 4.88.